The third-order valence-electron chi connectivity index (χ3n) is 6.53. The maximum atomic E-state index is 11.8. The molecule has 0 saturated heterocycles. The summed E-state index contributed by atoms with van der Waals surface area (Å²) >= 11 is 0. The molecule has 0 unspecified atom stereocenters. The van der Waals surface area contributed by atoms with Crippen molar-refractivity contribution >= 4 is 14.3 Å². The highest BCUT2D eigenvalue weighted by atomic mass is 28.4. The first-order valence-corrected chi connectivity index (χ1v) is 15.5. The Morgan fingerprint density at radius 1 is 1.15 bits per heavy atom. The minimum absolute atomic E-state index is 0.0457. The van der Waals surface area contributed by atoms with Gasteiger partial charge in [-0.1, -0.05) is 52.3 Å². The molecule has 0 radical (unpaired) electrons. The predicted molar refractivity (Wildman–Crippen MR) is 139 cm³/mol. The first-order chi connectivity index (χ1) is 15.0. The van der Waals surface area contributed by atoms with E-state index in [-0.39, 0.29) is 23.2 Å². The number of allylic oxidation sites excluding steroid dienone is 1. The molecule has 0 aromatic heterocycles. The van der Waals surface area contributed by atoms with Crippen molar-refractivity contribution < 1.29 is 23.8 Å². The summed E-state index contributed by atoms with van der Waals surface area (Å²) in [6.45, 7) is 21.8. The van der Waals surface area contributed by atoms with E-state index in [0.29, 0.717) is 18.9 Å². The fourth-order valence-electron chi connectivity index (χ4n) is 3.60. The normalized spacial score (nSPS) is 23.5. The Labute approximate surface area is 204 Å². The number of unbranched alkanes of at least 4 members (excludes halogenated alkanes) is 1. The first-order valence-electron chi connectivity index (χ1n) is 12.6. The highest BCUT2D eigenvalue weighted by Crippen LogP contribution is 2.36. The van der Waals surface area contributed by atoms with Crippen molar-refractivity contribution in [3.63, 3.8) is 0 Å². The molecule has 1 heterocycles. The van der Waals surface area contributed by atoms with Gasteiger partial charge in [0.1, 0.15) is 17.8 Å². The summed E-state index contributed by atoms with van der Waals surface area (Å²) in [5, 5.41) is 10.7. The lowest BCUT2D eigenvalue weighted by molar-refractivity contribution is -0.154. The summed E-state index contributed by atoms with van der Waals surface area (Å²) in [4.78, 5) is 11.8. The molecule has 1 rings (SSSR count). The van der Waals surface area contributed by atoms with E-state index in [1.165, 1.54) is 0 Å². The van der Waals surface area contributed by atoms with Gasteiger partial charge in [-0.25, -0.2) is 0 Å². The molecule has 5 nitrogen and oxygen atoms in total. The van der Waals surface area contributed by atoms with Crippen LogP contribution >= 0.6 is 0 Å². The standard InChI is InChI=1S/C27H50O5Si/c1-20(13-11-12-14-24(29)32-26(3,4)5)19-21(2)25-23(28)16-15-22(31-25)17-18-30-33(9,10)27(6,7)8/h15-16,19-20,22-23,25,28H,11-14,17-18H2,1-10H3/b21-19+/t20-,22-,23+,25+/m1/s1. The molecular formula is C27H50O5Si. The Morgan fingerprint density at radius 2 is 1.79 bits per heavy atom. The van der Waals surface area contributed by atoms with E-state index in [2.05, 4.69) is 46.9 Å². The second-order valence-corrected chi connectivity index (χ2v) is 16.9. The minimum atomic E-state index is -1.77. The molecule has 0 aromatic rings. The van der Waals surface area contributed by atoms with Crippen LogP contribution in [0.25, 0.3) is 0 Å². The SMILES string of the molecule is C/C(=C\[C@H](C)CCCCC(=O)OC(C)(C)C)[C@@H]1O[C@@H](CCO[Si](C)(C)C(C)(C)C)C=C[C@@H]1O. The van der Waals surface area contributed by atoms with E-state index in [4.69, 9.17) is 13.9 Å². The number of hydrogen-bond acceptors (Lipinski definition) is 5. The molecule has 0 spiro atoms. The molecule has 0 fully saturated rings. The number of carbonyl (C=O) groups excluding carboxylic acids is 1. The summed E-state index contributed by atoms with van der Waals surface area (Å²) in [6, 6.07) is 0. The molecule has 0 aromatic carbocycles. The van der Waals surface area contributed by atoms with Crippen LogP contribution in [-0.4, -0.2) is 49.9 Å². The Morgan fingerprint density at radius 3 is 2.36 bits per heavy atom. The zero-order valence-electron chi connectivity index (χ0n) is 22.9. The molecule has 1 aliphatic heterocycles. The van der Waals surface area contributed by atoms with Crippen molar-refractivity contribution in [2.45, 2.75) is 130 Å². The maximum absolute atomic E-state index is 11.8. The molecule has 33 heavy (non-hydrogen) atoms. The summed E-state index contributed by atoms with van der Waals surface area (Å²) in [7, 11) is -1.77. The average molecular weight is 483 g/mol. The summed E-state index contributed by atoms with van der Waals surface area (Å²) < 4.78 is 17.9. The Balaban J connectivity index is 2.49. The Kier molecular flexibility index (Phi) is 11.5. The van der Waals surface area contributed by atoms with Crippen LogP contribution in [0.3, 0.4) is 0 Å². The zero-order valence-corrected chi connectivity index (χ0v) is 23.9. The lowest BCUT2D eigenvalue weighted by Crippen LogP contribution is -2.42. The van der Waals surface area contributed by atoms with Gasteiger partial charge in [0.05, 0.1) is 6.10 Å². The molecule has 0 aliphatic carbocycles. The average Bonchev–Trinajstić information content (AvgIpc) is 2.64. The van der Waals surface area contributed by atoms with Crippen LogP contribution in [0, 0.1) is 5.92 Å². The van der Waals surface area contributed by atoms with E-state index in [1.807, 2.05) is 39.8 Å². The number of aliphatic hydroxyl groups excluding tert-OH is 1. The number of hydrogen-bond donors (Lipinski definition) is 1. The van der Waals surface area contributed by atoms with Crippen molar-refractivity contribution in [1.82, 2.24) is 0 Å². The number of ether oxygens (including phenoxy) is 2. The summed E-state index contributed by atoms with van der Waals surface area (Å²) in [6.07, 6.45) is 9.05. The Bertz CT molecular complexity index is 669. The van der Waals surface area contributed by atoms with E-state index < -0.39 is 20.0 Å². The van der Waals surface area contributed by atoms with E-state index in [0.717, 1.165) is 31.3 Å². The van der Waals surface area contributed by atoms with E-state index in [1.54, 1.807) is 0 Å². The van der Waals surface area contributed by atoms with Gasteiger partial charge in [0.15, 0.2) is 8.32 Å². The molecule has 6 heteroatoms. The lowest BCUT2D eigenvalue weighted by atomic mass is 9.95. The quantitative estimate of drug-likeness (QED) is 0.156. The predicted octanol–water partition coefficient (Wildman–Crippen LogP) is 6.57. The fourth-order valence-corrected chi connectivity index (χ4v) is 4.66. The van der Waals surface area contributed by atoms with Gasteiger partial charge >= 0.3 is 5.97 Å². The van der Waals surface area contributed by atoms with Crippen molar-refractivity contribution in [3.05, 3.63) is 23.8 Å². The van der Waals surface area contributed by atoms with Gasteiger partial charge in [0, 0.05) is 13.0 Å². The molecule has 4 atom stereocenters. The van der Waals surface area contributed by atoms with Gasteiger partial charge in [-0.2, -0.15) is 0 Å². The van der Waals surface area contributed by atoms with Crippen molar-refractivity contribution in [1.29, 1.82) is 0 Å². The van der Waals surface area contributed by atoms with E-state index >= 15 is 0 Å². The van der Waals surface area contributed by atoms with Crippen LogP contribution in [0.1, 0.15) is 87.5 Å². The third-order valence-corrected chi connectivity index (χ3v) is 11.1. The highest BCUT2D eigenvalue weighted by molar-refractivity contribution is 6.74. The van der Waals surface area contributed by atoms with Crippen LogP contribution < -0.4 is 0 Å². The van der Waals surface area contributed by atoms with Crippen molar-refractivity contribution in [3.8, 4) is 0 Å². The van der Waals surface area contributed by atoms with Crippen molar-refractivity contribution in [2.75, 3.05) is 6.61 Å². The smallest absolute Gasteiger partial charge is 0.306 e. The second-order valence-electron chi connectivity index (χ2n) is 12.1. The molecular weight excluding hydrogens is 432 g/mol. The van der Waals surface area contributed by atoms with Crippen molar-refractivity contribution in [2.24, 2.45) is 5.92 Å². The van der Waals surface area contributed by atoms with Gasteiger partial charge in [0.2, 0.25) is 0 Å². The molecule has 0 saturated carbocycles. The molecule has 0 amide bonds. The summed E-state index contributed by atoms with van der Waals surface area (Å²) in [5.74, 6) is 0.224. The number of esters is 1. The molecule has 192 valence electrons. The second kappa shape index (κ2) is 12.7. The topological polar surface area (TPSA) is 65.0 Å². The fraction of sp³-hybridized carbons (Fsp3) is 0.815. The van der Waals surface area contributed by atoms with E-state index in [9.17, 15) is 9.90 Å². The molecule has 1 aliphatic rings. The maximum Gasteiger partial charge on any atom is 0.306 e. The van der Waals surface area contributed by atoms with Gasteiger partial charge in [-0.3, -0.25) is 4.79 Å². The van der Waals surface area contributed by atoms with Gasteiger partial charge in [-0.15, -0.1) is 0 Å². The lowest BCUT2D eigenvalue weighted by Gasteiger charge is -2.37. The third kappa shape index (κ3) is 11.3. The summed E-state index contributed by atoms with van der Waals surface area (Å²) in [5.41, 5.74) is 0.635. The number of aliphatic hydroxyl groups is 1. The van der Waals surface area contributed by atoms with Crippen LogP contribution in [0.2, 0.25) is 18.1 Å². The van der Waals surface area contributed by atoms with Gasteiger partial charge in [0.25, 0.3) is 0 Å². The zero-order chi connectivity index (χ0) is 25.4. The number of rotatable bonds is 11. The molecule has 0 bridgehead atoms. The molecule has 1 N–H and O–H groups in total. The van der Waals surface area contributed by atoms with Crippen LogP contribution in [-0.2, 0) is 18.7 Å². The van der Waals surface area contributed by atoms with Crippen LogP contribution in [0.5, 0.6) is 0 Å². The largest absolute Gasteiger partial charge is 0.460 e. The highest BCUT2D eigenvalue weighted by Gasteiger charge is 2.37. The number of carbonyl (C=O) groups is 1. The Hall–Kier alpha value is -0.953. The van der Waals surface area contributed by atoms with Crippen LogP contribution in [0.15, 0.2) is 23.8 Å². The monoisotopic (exact) mass is 482 g/mol. The van der Waals surface area contributed by atoms with Gasteiger partial charge in [-0.05, 0) is 76.6 Å². The minimum Gasteiger partial charge on any atom is -0.460 e. The van der Waals surface area contributed by atoms with Crippen LogP contribution in [0.4, 0.5) is 0 Å². The first kappa shape index (κ1) is 30.1. The van der Waals surface area contributed by atoms with Gasteiger partial charge < -0.3 is 19.0 Å².